The molecule has 0 saturated carbocycles. The summed E-state index contributed by atoms with van der Waals surface area (Å²) in [7, 11) is 0. The topological polar surface area (TPSA) is 102 Å². The van der Waals surface area contributed by atoms with E-state index in [-0.39, 0.29) is 19.1 Å². The van der Waals surface area contributed by atoms with Crippen LogP contribution in [0.2, 0.25) is 0 Å². The van der Waals surface area contributed by atoms with Gasteiger partial charge in [0.1, 0.15) is 17.0 Å². The lowest BCUT2D eigenvalue weighted by Crippen LogP contribution is -2.24. The fourth-order valence-corrected chi connectivity index (χ4v) is 3.06. The van der Waals surface area contributed by atoms with Gasteiger partial charge in [-0.15, -0.1) is 0 Å². The Morgan fingerprint density at radius 1 is 0.824 bits per heavy atom. The number of anilines is 1. The molecule has 2 N–H and O–H groups in total. The van der Waals surface area contributed by atoms with E-state index < -0.39 is 5.91 Å². The number of rotatable bonds is 9. The molecular weight excluding hydrogens is 432 g/mol. The molecule has 4 aromatic rings. The predicted octanol–water partition coefficient (Wildman–Crippen LogP) is 3.78. The monoisotopic (exact) mass is 454 g/mol. The molecule has 8 nitrogen and oxygen atoms in total. The van der Waals surface area contributed by atoms with Gasteiger partial charge in [0.05, 0.1) is 6.21 Å². The normalized spacial score (nSPS) is 10.7. The SMILES string of the molecule is O=C(COc1cccc2cccnc12)N/N=C/c1ccc(OCC(=O)Nc2ccccc2)cc1. The standard InChI is InChI=1S/C26H22N4O4/c31-24(29-21-8-2-1-3-9-21)17-33-22-13-11-19(12-14-22)16-28-30-25(32)18-34-23-10-4-6-20-7-5-15-27-26(20)23/h1-16H,17-18H2,(H,29,31)(H,30,32)/b28-16+. The van der Waals surface area contributed by atoms with Crippen molar-refractivity contribution in [3.8, 4) is 11.5 Å². The van der Waals surface area contributed by atoms with Gasteiger partial charge in [-0.25, -0.2) is 5.43 Å². The minimum atomic E-state index is -0.395. The largest absolute Gasteiger partial charge is 0.484 e. The number of hydrogen-bond acceptors (Lipinski definition) is 6. The van der Waals surface area contributed by atoms with Gasteiger partial charge < -0.3 is 14.8 Å². The molecule has 0 saturated heterocycles. The van der Waals surface area contributed by atoms with Crippen molar-refractivity contribution in [3.63, 3.8) is 0 Å². The molecule has 34 heavy (non-hydrogen) atoms. The highest BCUT2D eigenvalue weighted by atomic mass is 16.5. The zero-order chi connectivity index (χ0) is 23.6. The van der Waals surface area contributed by atoms with E-state index in [4.69, 9.17) is 9.47 Å². The lowest BCUT2D eigenvalue weighted by molar-refractivity contribution is -0.123. The number of para-hydroxylation sites is 2. The molecule has 0 radical (unpaired) electrons. The number of aromatic nitrogens is 1. The summed E-state index contributed by atoms with van der Waals surface area (Å²) in [6.07, 6.45) is 3.18. The summed E-state index contributed by atoms with van der Waals surface area (Å²) < 4.78 is 11.1. The second kappa shape index (κ2) is 11.2. The second-order valence-electron chi connectivity index (χ2n) is 7.19. The third-order valence-corrected chi connectivity index (χ3v) is 4.66. The molecule has 4 rings (SSSR count). The Hall–Kier alpha value is -4.72. The van der Waals surface area contributed by atoms with E-state index in [1.54, 1.807) is 48.7 Å². The van der Waals surface area contributed by atoms with Gasteiger partial charge in [-0.3, -0.25) is 14.6 Å². The van der Waals surface area contributed by atoms with Gasteiger partial charge in [-0.05, 0) is 54.1 Å². The fraction of sp³-hybridized carbons (Fsp3) is 0.0769. The van der Waals surface area contributed by atoms with Crippen molar-refractivity contribution < 1.29 is 19.1 Å². The highest BCUT2D eigenvalue weighted by Crippen LogP contribution is 2.22. The van der Waals surface area contributed by atoms with Gasteiger partial charge >= 0.3 is 0 Å². The summed E-state index contributed by atoms with van der Waals surface area (Å²) in [6, 6.07) is 25.4. The number of nitrogens with one attached hydrogen (secondary N) is 2. The van der Waals surface area contributed by atoms with E-state index >= 15 is 0 Å². The van der Waals surface area contributed by atoms with Crippen molar-refractivity contribution in [3.05, 3.63) is 96.7 Å². The first-order valence-electron chi connectivity index (χ1n) is 10.5. The van der Waals surface area contributed by atoms with Crippen molar-refractivity contribution in [2.45, 2.75) is 0 Å². The molecule has 0 bridgehead atoms. The van der Waals surface area contributed by atoms with Crippen LogP contribution in [0.15, 0.2) is 96.2 Å². The number of ether oxygens (including phenoxy) is 2. The van der Waals surface area contributed by atoms with Crippen LogP contribution in [0.4, 0.5) is 5.69 Å². The van der Waals surface area contributed by atoms with Crippen LogP contribution >= 0.6 is 0 Å². The summed E-state index contributed by atoms with van der Waals surface area (Å²) in [6.45, 7) is -0.296. The number of pyridine rings is 1. The van der Waals surface area contributed by atoms with Gasteiger partial charge in [0, 0.05) is 17.3 Å². The van der Waals surface area contributed by atoms with Crippen LogP contribution in [0.5, 0.6) is 11.5 Å². The number of amides is 2. The van der Waals surface area contributed by atoms with E-state index in [0.717, 1.165) is 10.9 Å². The molecular formula is C26H22N4O4. The van der Waals surface area contributed by atoms with Crippen LogP contribution in [0, 0.1) is 0 Å². The Balaban J connectivity index is 1.21. The average Bonchev–Trinajstić information content (AvgIpc) is 2.87. The number of nitrogens with zero attached hydrogens (tertiary/aromatic N) is 2. The van der Waals surface area contributed by atoms with Crippen molar-refractivity contribution >= 4 is 34.6 Å². The highest BCUT2D eigenvalue weighted by molar-refractivity contribution is 5.91. The molecule has 0 spiro atoms. The van der Waals surface area contributed by atoms with E-state index in [1.807, 2.05) is 42.5 Å². The van der Waals surface area contributed by atoms with Crippen LogP contribution in [0.25, 0.3) is 10.9 Å². The first-order chi connectivity index (χ1) is 16.7. The van der Waals surface area contributed by atoms with Crippen LogP contribution in [0.1, 0.15) is 5.56 Å². The van der Waals surface area contributed by atoms with Crippen LogP contribution < -0.4 is 20.2 Å². The molecule has 1 heterocycles. The summed E-state index contributed by atoms with van der Waals surface area (Å²) in [5.74, 6) is 0.432. The zero-order valence-electron chi connectivity index (χ0n) is 18.2. The van der Waals surface area contributed by atoms with Crippen LogP contribution in [0.3, 0.4) is 0 Å². The quantitative estimate of drug-likeness (QED) is 0.296. The van der Waals surface area contributed by atoms with Crippen LogP contribution in [-0.2, 0) is 9.59 Å². The number of hydrazone groups is 1. The van der Waals surface area contributed by atoms with E-state index in [0.29, 0.717) is 22.7 Å². The molecule has 0 aliphatic heterocycles. The third-order valence-electron chi connectivity index (χ3n) is 4.66. The summed E-state index contributed by atoms with van der Waals surface area (Å²) in [5, 5.41) is 7.63. The Morgan fingerprint density at radius 3 is 2.41 bits per heavy atom. The fourth-order valence-electron chi connectivity index (χ4n) is 3.06. The van der Waals surface area contributed by atoms with Gasteiger partial charge in [-0.2, -0.15) is 5.10 Å². The van der Waals surface area contributed by atoms with E-state index in [9.17, 15) is 9.59 Å². The zero-order valence-corrected chi connectivity index (χ0v) is 18.2. The minimum Gasteiger partial charge on any atom is -0.484 e. The van der Waals surface area contributed by atoms with Gasteiger partial charge in [0.2, 0.25) is 0 Å². The van der Waals surface area contributed by atoms with E-state index in [1.165, 1.54) is 6.21 Å². The van der Waals surface area contributed by atoms with Crippen molar-refractivity contribution in [2.24, 2.45) is 5.10 Å². The molecule has 0 aliphatic carbocycles. The van der Waals surface area contributed by atoms with Crippen LogP contribution in [-0.4, -0.2) is 36.2 Å². The molecule has 0 atom stereocenters. The van der Waals surface area contributed by atoms with Crippen molar-refractivity contribution in [2.75, 3.05) is 18.5 Å². The maximum absolute atomic E-state index is 12.0. The Labute approximate surface area is 196 Å². The first-order valence-corrected chi connectivity index (χ1v) is 10.5. The number of benzene rings is 3. The molecule has 8 heteroatoms. The number of fused-ring (bicyclic) bond motifs is 1. The van der Waals surface area contributed by atoms with Gasteiger partial charge in [-0.1, -0.05) is 36.4 Å². The molecule has 2 amide bonds. The number of carbonyl (C=O) groups is 2. The Bertz CT molecular complexity index is 1290. The number of hydrogen-bond donors (Lipinski definition) is 2. The Morgan fingerprint density at radius 2 is 1.59 bits per heavy atom. The lowest BCUT2D eigenvalue weighted by atomic mass is 10.2. The second-order valence-corrected chi connectivity index (χ2v) is 7.19. The lowest BCUT2D eigenvalue weighted by Gasteiger charge is -2.08. The summed E-state index contributed by atoms with van der Waals surface area (Å²) in [5.41, 5.74) is 4.59. The summed E-state index contributed by atoms with van der Waals surface area (Å²) in [4.78, 5) is 28.3. The average molecular weight is 454 g/mol. The maximum Gasteiger partial charge on any atom is 0.277 e. The summed E-state index contributed by atoms with van der Waals surface area (Å²) >= 11 is 0. The molecule has 0 fully saturated rings. The predicted molar refractivity (Wildman–Crippen MR) is 130 cm³/mol. The number of carbonyl (C=O) groups excluding carboxylic acids is 2. The van der Waals surface area contributed by atoms with Crippen molar-refractivity contribution in [1.29, 1.82) is 0 Å². The first kappa shape index (κ1) is 22.5. The van der Waals surface area contributed by atoms with E-state index in [2.05, 4.69) is 20.8 Å². The molecule has 3 aromatic carbocycles. The minimum absolute atomic E-state index is 0.107. The molecule has 0 unspecified atom stereocenters. The third kappa shape index (κ3) is 6.39. The smallest absolute Gasteiger partial charge is 0.277 e. The molecule has 1 aromatic heterocycles. The maximum atomic E-state index is 12.0. The van der Waals surface area contributed by atoms with Gasteiger partial charge in [0.15, 0.2) is 13.2 Å². The molecule has 170 valence electrons. The van der Waals surface area contributed by atoms with Gasteiger partial charge in [0.25, 0.3) is 11.8 Å². The Kier molecular flexibility index (Phi) is 7.43. The molecule has 0 aliphatic rings. The highest BCUT2D eigenvalue weighted by Gasteiger charge is 2.06. The van der Waals surface area contributed by atoms with Crippen molar-refractivity contribution in [1.82, 2.24) is 10.4 Å².